The van der Waals surface area contributed by atoms with Crippen molar-refractivity contribution in [2.45, 2.75) is 0 Å². The second-order valence-electron chi connectivity index (χ2n) is 2.98. The smallest absolute Gasteiger partial charge is 0.312 e. The molecule has 0 aliphatic rings. The Labute approximate surface area is 103 Å². The molecule has 1 N–H and O–H groups in total. The maximum Gasteiger partial charge on any atom is 0.312 e. The monoisotopic (exact) mass is 307 g/mol. The summed E-state index contributed by atoms with van der Waals surface area (Å²) in [4.78, 5) is 14.1. The van der Waals surface area contributed by atoms with Crippen LogP contribution in [0.2, 0.25) is 0 Å². The number of nitrogens with zero attached hydrogens (tertiary/aromatic N) is 2. The zero-order valence-electron chi connectivity index (χ0n) is 8.47. The lowest BCUT2D eigenvalue weighted by atomic mass is 10.4. The van der Waals surface area contributed by atoms with E-state index in [4.69, 9.17) is 0 Å². The average molecular weight is 308 g/mol. The van der Waals surface area contributed by atoms with Gasteiger partial charge in [0, 0.05) is 46.1 Å². The minimum absolute atomic E-state index is 0.101. The van der Waals surface area contributed by atoms with Gasteiger partial charge in [-0.2, -0.15) is 0 Å². The van der Waals surface area contributed by atoms with Gasteiger partial charge in [0.2, 0.25) is 5.82 Å². The van der Waals surface area contributed by atoms with E-state index in [2.05, 4.69) is 26.2 Å². The van der Waals surface area contributed by atoms with Crippen molar-refractivity contribution in [3.05, 3.63) is 26.9 Å². The molecule has 88 valence electrons. The second-order valence-corrected chi connectivity index (χ2v) is 5.45. The van der Waals surface area contributed by atoms with Crippen molar-refractivity contribution in [2.75, 3.05) is 23.9 Å². The summed E-state index contributed by atoms with van der Waals surface area (Å²) in [6, 6.07) is 1.37. The minimum atomic E-state index is -0.930. The van der Waals surface area contributed by atoms with Crippen LogP contribution in [0.1, 0.15) is 0 Å². The topological polar surface area (TPSA) is 85.1 Å². The van der Waals surface area contributed by atoms with Crippen LogP contribution < -0.4 is 5.32 Å². The molecule has 1 aromatic rings. The van der Waals surface area contributed by atoms with Crippen molar-refractivity contribution in [3.63, 3.8) is 0 Å². The van der Waals surface area contributed by atoms with Crippen LogP contribution in [0.3, 0.4) is 0 Å². The lowest BCUT2D eigenvalue weighted by molar-refractivity contribution is -0.384. The van der Waals surface area contributed by atoms with Crippen LogP contribution in [0.4, 0.5) is 11.5 Å². The van der Waals surface area contributed by atoms with Crippen LogP contribution in [-0.4, -0.2) is 32.7 Å². The van der Waals surface area contributed by atoms with Gasteiger partial charge in [0.15, 0.2) is 0 Å². The number of pyridine rings is 1. The molecule has 0 bridgehead atoms. The fourth-order valence-electron chi connectivity index (χ4n) is 1.02. The predicted octanol–water partition coefficient (Wildman–Crippen LogP) is 1.54. The number of nitro groups is 1. The quantitative estimate of drug-likeness (QED) is 0.659. The Hall–Kier alpha value is -1.02. The summed E-state index contributed by atoms with van der Waals surface area (Å²) in [6.07, 6.45) is 3.04. The molecule has 0 saturated heterocycles. The van der Waals surface area contributed by atoms with Crippen molar-refractivity contribution in [3.8, 4) is 0 Å². The van der Waals surface area contributed by atoms with E-state index in [1.807, 2.05) is 0 Å². The number of hydrogen-bond donors (Lipinski definition) is 1. The first kappa shape index (κ1) is 13.0. The van der Waals surface area contributed by atoms with Crippen LogP contribution in [0.25, 0.3) is 0 Å². The largest absolute Gasteiger partial charge is 0.363 e. The fraction of sp³-hybridized carbons (Fsp3) is 0.375. The highest BCUT2D eigenvalue weighted by atomic mass is 79.9. The summed E-state index contributed by atoms with van der Waals surface area (Å²) >= 11 is 3.11. The summed E-state index contributed by atoms with van der Waals surface area (Å²) in [6.45, 7) is 0.387. The lowest BCUT2D eigenvalue weighted by Crippen LogP contribution is -2.12. The first-order valence-electron chi connectivity index (χ1n) is 4.34. The fourth-order valence-corrected chi connectivity index (χ4v) is 1.73. The van der Waals surface area contributed by atoms with Crippen molar-refractivity contribution in [1.82, 2.24) is 4.98 Å². The Bertz CT molecular complexity index is 427. The normalized spacial score (nSPS) is 12.1. The molecular weight excluding hydrogens is 298 g/mol. The highest BCUT2D eigenvalue weighted by molar-refractivity contribution is 9.10. The second kappa shape index (κ2) is 5.90. The molecule has 1 heterocycles. The number of aromatic nitrogens is 1. The molecule has 8 heteroatoms. The van der Waals surface area contributed by atoms with Crippen molar-refractivity contribution in [1.29, 1.82) is 0 Å². The van der Waals surface area contributed by atoms with Gasteiger partial charge in [-0.1, -0.05) is 0 Å². The van der Waals surface area contributed by atoms with E-state index < -0.39 is 15.7 Å². The molecule has 1 atom stereocenters. The molecule has 6 nitrogen and oxygen atoms in total. The summed E-state index contributed by atoms with van der Waals surface area (Å²) in [5.41, 5.74) is -0.101. The number of nitrogens with one attached hydrogen (secondary N) is 1. The number of halogens is 1. The zero-order valence-corrected chi connectivity index (χ0v) is 10.9. The molecule has 0 aliphatic heterocycles. The first-order valence-corrected chi connectivity index (χ1v) is 6.86. The third kappa shape index (κ3) is 3.86. The third-order valence-corrected chi connectivity index (χ3v) is 2.93. The van der Waals surface area contributed by atoms with E-state index >= 15 is 0 Å². The highest BCUT2D eigenvalue weighted by Crippen LogP contribution is 2.24. The molecule has 0 aromatic carbocycles. The van der Waals surface area contributed by atoms with Crippen LogP contribution in [0, 0.1) is 10.1 Å². The van der Waals surface area contributed by atoms with Gasteiger partial charge < -0.3 is 5.32 Å². The Morgan fingerprint density at radius 3 is 2.94 bits per heavy atom. The first-order chi connectivity index (χ1) is 7.50. The SMILES string of the molecule is C[S@](=O)CCNc1ncc(Br)cc1[N+](=O)[O-]. The van der Waals surface area contributed by atoms with Crippen LogP contribution >= 0.6 is 15.9 Å². The van der Waals surface area contributed by atoms with Crippen LogP contribution in [-0.2, 0) is 10.8 Å². The van der Waals surface area contributed by atoms with Crippen molar-refractivity contribution in [2.24, 2.45) is 0 Å². The molecule has 1 aromatic heterocycles. The van der Waals surface area contributed by atoms with E-state index in [-0.39, 0.29) is 11.5 Å². The Morgan fingerprint density at radius 1 is 1.69 bits per heavy atom. The minimum Gasteiger partial charge on any atom is -0.363 e. The van der Waals surface area contributed by atoms with Crippen molar-refractivity contribution >= 4 is 38.2 Å². The van der Waals surface area contributed by atoms with Gasteiger partial charge in [-0.3, -0.25) is 14.3 Å². The molecule has 0 spiro atoms. The summed E-state index contributed by atoms with van der Waals surface area (Å²) in [7, 11) is -0.930. The van der Waals surface area contributed by atoms with E-state index in [1.165, 1.54) is 12.3 Å². The molecule has 0 amide bonds. The van der Waals surface area contributed by atoms with E-state index in [9.17, 15) is 14.3 Å². The van der Waals surface area contributed by atoms with Gasteiger partial charge >= 0.3 is 5.69 Å². The maximum absolute atomic E-state index is 10.8. The van der Waals surface area contributed by atoms with Crippen LogP contribution in [0.5, 0.6) is 0 Å². The average Bonchev–Trinajstić information content (AvgIpc) is 2.19. The molecule has 16 heavy (non-hydrogen) atoms. The Kier molecular flexibility index (Phi) is 4.81. The van der Waals surface area contributed by atoms with Crippen molar-refractivity contribution < 1.29 is 9.13 Å². The van der Waals surface area contributed by atoms with E-state index in [1.54, 1.807) is 6.26 Å². The third-order valence-electron chi connectivity index (χ3n) is 1.71. The Morgan fingerprint density at radius 2 is 2.38 bits per heavy atom. The molecule has 0 saturated carbocycles. The standard InChI is InChI=1S/C8H10BrN3O3S/c1-16(15)3-2-10-8-7(12(13)14)4-6(9)5-11-8/h4-5H,2-3H2,1H3,(H,10,11)/t16-/m0/s1. The summed E-state index contributed by atoms with van der Waals surface area (Å²) in [5.74, 6) is 0.619. The van der Waals surface area contributed by atoms with E-state index in [0.717, 1.165) is 0 Å². The van der Waals surface area contributed by atoms with Gasteiger partial charge in [0.05, 0.1) is 4.92 Å². The molecule has 0 radical (unpaired) electrons. The molecular formula is C8H10BrN3O3S. The molecule has 0 aliphatic carbocycles. The van der Waals surface area contributed by atoms with Gasteiger partial charge in [0.1, 0.15) is 0 Å². The molecule has 0 unspecified atom stereocenters. The predicted molar refractivity (Wildman–Crippen MR) is 66.0 cm³/mol. The van der Waals surface area contributed by atoms with Gasteiger partial charge in [-0.25, -0.2) is 4.98 Å². The van der Waals surface area contributed by atoms with Gasteiger partial charge in [0.25, 0.3) is 0 Å². The number of anilines is 1. The highest BCUT2D eigenvalue weighted by Gasteiger charge is 2.15. The summed E-state index contributed by atoms with van der Waals surface area (Å²) < 4.78 is 11.4. The zero-order chi connectivity index (χ0) is 12.1. The Balaban J connectivity index is 2.78. The maximum atomic E-state index is 10.8. The lowest BCUT2D eigenvalue weighted by Gasteiger charge is -2.04. The van der Waals surface area contributed by atoms with Gasteiger partial charge in [-0.05, 0) is 15.9 Å². The van der Waals surface area contributed by atoms with Gasteiger partial charge in [-0.15, -0.1) is 0 Å². The number of hydrogen-bond acceptors (Lipinski definition) is 5. The summed E-state index contributed by atoms with van der Waals surface area (Å²) in [5, 5.41) is 13.5. The molecule has 0 fully saturated rings. The van der Waals surface area contributed by atoms with Crippen LogP contribution in [0.15, 0.2) is 16.7 Å². The van der Waals surface area contributed by atoms with E-state index in [0.29, 0.717) is 16.8 Å². The molecule has 1 rings (SSSR count). The number of rotatable bonds is 5.